The molecule has 0 unspecified atom stereocenters. The van der Waals surface area contributed by atoms with Gasteiger partial charge in [-0.2, -0.15) is 13.9 Å². The van der Waals surface area contributed by atoms with Crippen molar-refractivity contribution in [2.75, 3.05) is 5.32 Å². The van der Waals surface area contributed by atoms with Gasteiger partial charge in [-0.15, -0.1) is 0 Å². The summed E-state index contributed by atoms with van der Waals surface area (Å²) in [5.74, 6) is -1.95. The van der Waals surface area contributed by atoms with Crippen LogP contribution in [0.25, 0.3) is 0 Å². The summed E-state index contributed by atoms with van der Waals surface area (Å²) in [5.41, 5.74) is -0.118. The average molecular weight is 311 g/mol. The van der Waals surface area contributed by atoms with Gasteiger partial charge in [0.2, 0.25) is 5.91 Å². The zero-order chi connectivity index (χ0) is 16.1. The number of halogens is 2. The number of alkyl halides is 2. The fourth-order valence-electron chi connectivity index (χ4n) is 1.67. The number of nitrogens with zero attached hydrogens (tertiary/aromatic N) is 2. The highest BCUT2D eigenvalue weighted by Gasteiger charge is 2.13. The molecule has 0 saturated carbocycles. The number of para-hydroxylation sites is 2. The van der Waals surface area contributed by atoms with E-state index in [1.54, 1.807) is 6.07 Å². The lowest BCUT2D eigenvalue weighted by Crippen LogP contribution is -2.20. The van der Waals surface area contributed by atoms with Gasteiger partial charge in [0.25, 0.3) is 0 Å². The van der Waals surface area contributed by atoms with Gasteiger partial charge < -0.3 is 15.2 Å². The van der Waals surface area contributed by atoms with Crippen LogP contribution < -0.4 is 10.1 Å². The van der Waals surface area contributed by atoms with Gasteiger partial charge in [0.05, 0.1) is 5.69 Å². The van der Waals surface area contributed by atoms with Crippen molar-refractivity contribution in [2.45, 2.75) is 13.2 Å². The Morgan fingerprint density at radius 2 is 2.05 bits per heavy atom. The lowest BCUT2D eigenvalue weighted by atomic mass is 10.3. The number of carboxylic acid groups (broad SMARTS) is 1. The van der Waals surface area contributed by atoms with Crippen molar-refractivity contribution in [3.05, 3.63) is 42.2 Å². The maximum atomic E-state index is 12.3. The van der Waals surface area contributed by atoms with Crippen LogP contribution in [0.3, 0.4) is 0 Å². The van der Waals surface area contributed by atoms with Crippen LogP contribution in [0.1, 0.15) is 10.5 Å². The van der Waals surface area contributed by atoms with E-state index in [2.05, 4.69) is 15.2 Å². The van der Waals surface area contributed by atoms with E-state index in [1.165, 1.54) is 30.5 Å². The van der Waals surface area contributed by atoms with Crippen molar-refractivity contribution in [1.82, 2.24) is 9.78 Å². The van der Waals surface area contributed by atoms with Gasteiger partial charge in [0, 0.05) is 6.20 Å². The lowest BCUT2D eigenvalue weighted by Gasteiger charge is -2.11. The molecule has 0 aliphatic rings. The second-order valence-electron chi connectivity index (χ2n) is 4.13. The van der Waals surface area contributed by atoms with Crippen molar-refractivity contribution in [3.8, 4) is 5.75 Å². The molecule has 0 spiro atoms. The highest BCUT2D eigenvalue weighted by atomic mass is 19.3. The van der Waals surface area contributed by atoms with Crippen LogP contribution in [0.4, 0.5) is 14.5 Å². The number of ether oxygens (including phenoxy) is 1. The first-order valence-corrected chi connectivity index (χ1v) is 6.06. The molecule has 2 N–H and O–H groups in total. The summed E-state index contributed by atoms with van der Waals surface area (Å²) in [4.78, 5) is 22.5. The number of amides is 1. The van der Waals surface area contributed by atoms with E-state index >= 15 is 0 Å². The van der Waals surface area contributed by atoms with Gasteiger partial charge in [-0.3, -0.25) is 9.48 Å². The third kappa shape index (κ3) is 4.01. The number of nitrogens with one attached hydrogen (secondary N) is 1. The standard InChI is InChI=1S/C13H11F2N3O4/c14-13(15)22-10-4-2-1-3-8(10)16-11(19)7-18-6-5-9(17-18)12(20)21/h1-6,13H,7H2,(H,16,19)(H,20,21). The third-order valence-corrected chi connectivity index (χ3v) is 2.54. The van der Waals surface area contributed by atoms with E-state index < -0.39 is 18.5 Å². The Bertz CT molecular complexity index is 687. The molecule has 0 atom stereocenters. The second-order valence-corrected chi connectivity index (χ2v) is 4.13. The number of anilines is 1. The Kier molecular flexibility index (Phi) is 4.66. The number of carbonyl (C=O) groups excluding carboxylic acids is 1. The smallest absolute Gasteiger partial charge is 0.387 e. The Morgan fingerprint density at radius 3 is 2.68 bits per heavy atom. The van der Waals surface area contributed by atoms with E-state index in [4.69, 9.17) is 5.11 Å². The predicted molar refractivity (Wildman–Crippen MR) is 70.9 cm³/mol. The number of hydrogen-bond acceptors (Lipinski definition) is 4. The number of aromatic nitrogens is 2. The zero-order valence-corrected chi connectivity index (χ0v) is 11.1. The van der Waals surface area contributed by atoms with Crippen molar-refractivity contribution < 1.29 is 28.2 Å². The van der Waals surface area contributed by atoms with Crippen molar-refractivity contribution in [2.24, 2.45) is 0 Å². The van der Waals surface area contributed by atoms with E-state index in [1.807, 2.05) is 0 Å². The zero-order valence-electron chi connectivity index (χ0n) is 11.1. The Hall–Kier alpha value is -2.97. The third-order valence-electron chi connectivity index (χ3n) is 2.54. The first-order chi connectivity index (χ1) is 10.5. The lowest BCUT2D eigenvalue weighted by molar-refractivity contribution is -0.117. The maximum Gasteiger partial charge on any atom is 0.387 e. The number of carbonyl (C=O) groups is 2. The number of aromatic carboxylic acids is 1. The Balaban J connectivity index is 2.04. The van der Waals surface area contributed by atoms with Crippen LogP contribution in [0, 0.1) is 0 Å². The molecule has 116 valence electrons. The molecule has 9 heteroatoms. The molecule has 2 rings (SSSR count). The molecule has 1 aromatic carbocycles. The highest BCUT2D eigenvalue weighted by Crippen LogP contribution is 2.25. The number of hydrogen-bond donors (Lipinski definition) is 2. The highest BCUT2D eigenvalue weighted by molar-refractivity contribution is 5.92. The molecule has 7 nitrogen and oxygen atoms in total. The largest absolute Gasteiger partial charge is 0.476 e. The number of carboxylic acids is 1. The molecule has 0 radical (unpaired) electrons. The summed E-state index contributed by atoms with van der Waals surface area (Å²) in [5, 5.41) is 14.8. The molecule has 22 heavy (non-hydrogen) atoms. The monoisotopic (exact) mass is 311 g/mol. The summed E-state index contributed by atoms with van der Waals surface area (Å²) in [6, 6.07) is 6.97. The molecule has 1 heterocycles. The van der Waals surface area contributed by atoms with Crippen molar-refractivity contribution in [3.63, 3.8) is 0 Å². The first kappa shape index (κ1) is 15.4. The van der Waals surface area contributed by atoms with Gasteiger partial charge in [0.1, 0.15) is 12.3 Å². The number of benzene rings is 1. The van der Waals surface area contributed by atoms with E-state index in [9.17, 15) is 18.4 Å². The van der Waals surface area contributed by atoms with Crippen molar-refractivity contribution >= 4 is 17.6 Å². The molecule has 0 saturated heterocycles. The van der Waals surface area contributed by atoms with Gasteiger partial charge >= 0.3 is 12.6 Å². The molecular weight excluding hydrogens is 300 g/mol. The summed E-state index contributed by atoms with van der Waals surface area (Å²) < 4.78 is 29.9. The maximum absolute atomic E-state index is 12.3. The van der Waals surface area contributed by atoms with Gasteiger partial charge in [-0.1, -0.05) is 12.1 Å². The second kappa shape index (κ2) is 6.66. The van der Waals surface area contributed by atoms with Crippen molar-refractivity contribution in [1.29, 1.82) is 0 Å². The van der Waals surface area contributed by atoms with Crippen LogP contribution in [0.2, 0.25) is 0 Å². The SMILES string of the molecule is O=C(Cn1ccc(C(=O)O)n1)Nc1ccccc1OC(F)F. The summed E-state index contributed by atoms with van der Waals surface area (Å²) in [6.07, 6.45) is 1.32. The summed E-state index contributed by atoms with van der Waals surface area (Å²) in [7, 11) is 0. The van der Waals surface area contributed by atoms with Gasteiger partial charge in [0.15, 0.2) is 5.69 Å². The molecule has 0 aliphatic heterocycles. The minimum absolute atomic E-state index is 0.0819. The van der Waals surface area contributed by atoms with Gasteiger partial charge in [-0.05, 0) is 18.2 Å². The van der Waals surface area contributed by atoms with E-state index in [0.717, 1.165) is 4.68 Å². The fourth-order valence-corrected chi connectivity index (χ4v) is 1.67. The van der Waals surface area contributed by atoms with Gasteiger partial charge in [-0.25, -0.2) is 4.79 Å². The minimum atomic E-state index is -3.01. The molecular formula is C13H11F2N3O4. The normalized spacial score (nSPS) is 10.5. The summed E-state index contributed by atoms with van der Waals surface area (Å²) in [6.45, 7) is -3.28. The number of rotatable bonds is 6. The summed E-state index contributed by atoms with van der Waals surface area (Å²) >= 11 is 0. The molecule has 0 aliphatic carbocycles. The fraction of sp³-hybridized carbons (Fsp3) is 0.154. The van der Waals surface area contributed by atoms with Crippen LogP contribution in [-0.4, -0.2) is 33.4 Å². The van der Waals surface area contributed by atoms with E-state index in [0.29, 0.717) is 0 Å². The average Bonchev–Trinajstić information content (AvgIpc) is 2.89. The molecule has 0 fully saturated rings. The molecule has 0 bridgehead atoms. The Morgan fingerprint density at radius 1 is 1.32 bits per heavy atom. The Labute approximate surface area is 123 Å². The molecule has 2 aromatic rings. The first-order valence-electron chi connectivity index (χ1n) is 6.06. The predicted octanol–water partition coefficient (Wildman–Crippen LogP) is 1.82. The van der Waals surface area contributed by atoms with Crippen LogP contribution in [0.5, 0.6) is 5.75 Å². The molecule has 1 amide bonds. The topological polar surface area (TPSA) is 93.5 Å². The van der Waals surface area contributed by atoms with Crippen LogP contribution in [0.15, 0.2) is 36.5 Å². The minimum Gasteiger partial charge on any atom is -0.476 e. The molecule has 1 aromatic heterocycles. The van der Waals surface area contributed by atoms with Crippen LogP contribution >= 0.6 is 0 Å². The van der Waals surface area contributed by atoms with Crippen LogP contribution in [-0.2, 0) is 11.3 Å². The van der Waals surface area contributed by atoms with E-state index in [-0.39, 0.29) is 23.7 Å². The quantitative estimate of drug-likeness (QED) is 0.849.